The largest absolute Gasteiger partial charge is 0.618 e. The molecule has 2 aromatic rings. The molecule has 1 aliphatic rings. The average Bonchev–Trinajstić information content (AvgIpc) is 2.70. The average molecular weight is 370 g/mol. The van der Waals surface area contributed by atoms with Gasteiger partial charge in [-0.1, -0.05) is 15.9 Å². The van der Waals surface area contributed by atoms with Crippen molar-refractivity contribution in [1.29, 1.82) is 0 Å². The van der Waals surface area contributed by atoms with Gasteiger partial charge in [0.15, 0.2) is 0 Å². The van der Waals surface area contributed by atoms with E-state index in [1.807, 2.05) is 0 Å². The van der Waals surface area contributed by atoms with Crippen LogP contribution in [0.25, 0.3) is 0 Å². The van der Waals surface area contributed by atoms with Crippen LogP contribution in [0, 0.1) is 5.21 Å². The van der Waals surface area contributed by atoms with Crippen molar-refractivity contribution in [3.8, 4) is 0 Å². The molecule has 112 valence electrons. The summed E-state index contributed by atoms with van der Waals surface area (Å²) < 4.78 is 38.8. The molecule has 0 saturated carbocycles. The highest BCUT2D eigenvalue weighted by atomic mass is 79.9. The molecule has 0 fully saturated rings. The monoisotopic (exact) mass is 369 g/mol. The Labute approximate surface area is 131 Å². The number of benzene rings is 2. The number of hydrogen-bond acceptors (Lipinski definition) is 2. The molecular weight excluding hydrogens is 363 g/mol. The Morgan fingerprint density at radius 3 is 2.27 bits per heavy atom. The van der Waals surface area contributed by atoms with E-state index in [0.29, 0.717) is 9.21 Å². The smallest absolute Gasteiger partial charge is 0.416 e. The van der Waals surface area contributed by atoms with Crippen LogP contribution in [0.1, 0.15) is 21.5 Å². The lowest BCUT2D eigenvalue weighted by Gasteiger charge is -2.07. The van der Waals surface area contributed by atoms with E-state index in [0.717, 1.165) is 24.3 Å². The van der Waals surface area contributed by atoms with Crippen LogP contribution in [-0.4, -0.2) is 16.2 Å². The molecule has 0 N–H and O–H groups in total. The number of carbonyl (C=O) groups is 1. The van der Waals surface area contributed by atoms with E-state index >= 15 is 0 Å². The van der Waals surface area contributed by atoms with Crippen LogP contribution < -0.4 is 0 Å². The molecule has 3 nitrogen and oxygen atoms in total. The number of halogens is 4. The van der Waals surface area contributed by atoms with E-state index in [4.69, 9.17) is 0 Å². The van der Waals surface area contributed by atoms with Gasteiger partial charge in [0.1, 0.15) is 5.56 Å². The molecule has 3 rings (SSSR count). The second-order valence-corrected chi connectivity index (χ2v) is 5.62. The summed E-state index contributed by atoms with van der Waals surface area (Å²) in [5.74, 6) is -0.508. The van der Waals surface area contributed by atoms with Gasteiger partial charge in [-0.05, 0) is 36.4 Å². The van der Waals surface area contributed by atoms with Crippen LogP contribution in [0.2, 0.25) is 0 Å². The number of hydrogen-bond donors (Lipinski definition) is 0. The zero-order valence-electron chi connectivity index (χ0n) is 10.8. The van der Waals surface area contributed by atoms with Gasteiger partial charge in [-0.3, -0.25) is 4.79 Å². The standard InChI is InChI=1S/C15H7BrF3NO2/c16-10-5-6-12-11(7-10)14(21)13(20(12)22)8-1-3-9(4-2-8)15(17,18)19/h1-7H. The molecule has 7 heteroatoms. The van der Waals surface area contributed by atoms with Crippen molar-refractivity contribution in [2.75, 3.05) is 0 Å². The third-order valence-corrected chi connectivity index (χ3v) is 3.82. The Morgan fingerprint density at radius 2 is 1.68 bits per heavy atom. The fraction of sp³-hybridized carbons (Fsp3) is 0.0667. The van der Waals surface area contributed by atoms with Crippen molar-refractivity contribution < 1.29 is 22.7 Å². The minimum absolute atomic E-state index is 0.153. The summed E-state index contributed by atoms with van der Waals surface area (Å²) in [5.41, 5.74) is -0.454. The first-order valence-electron chi connectivity index (χ1n) is 6.15. The first-order chi connectivity index (χ1) is 10.3. The van der Waals surface area contributed by atoms with Gasteiger partial charge in [0.2, 0.25) is 5.69 Å². The molecule has 0 radical (unpaired) electrons. The van der Waals surface area contributed by atoms with Gasteiger partial charge in [0, 0.05) is 10.5 Å². The van der Waals surface area contributed by atoms with Crippen LogP contribution in [0.3, 0.4) is 0 Å². The molecule has 1 heterocycles. The maximum atomic E-state index is 12.6. The molecule has 0 aliphatic carbocycles. The van der Waals surface area contributed by atoms with Gasteiger partial charge >= 0.3 is 6.18 Å². The van der Waals surface area contributed by atoms with E-state index < -0.39 is 17.5 Å². The molecule has 0 saturated heterocycles. The van der Waals surface area contributed by atoms with E-state index in [2.05, 4.69) is 15.9 Å². The van der Waals surface area contributed by atoms with Crippen molar-refractivity contribution in [3.63, 3.8) is 0 Å². The quantitative estimate of drug-likeness (QED) is 0.555. The predicted octanol–water partition coefficient (Wildman–Crippen LogP) is 4.30. The molecule has 0 spiro atoms. The molecule has 2 aromatic carbocycles. The zero-order valence-corrected chi connectivity index (χ0v) is 12.4. The molecule has 0 amide bonds. The van der Waals surface area contributed by atoms with Crippen molar-refractivity contribution in [1.82, 2.24) is 0 Å². The topological polar surface area (TPSA) is 43.1 Å². The Balaban J connectivity index is 2.07. The van der Waals surface area contributed by atoms with Crippen molar-refractivity contribution in [2.45, 2.75) is 6.18 Å². The SMILES string of the molecule is O=C1C(c2ccc(C(F)(F)F)cc2)=[N+]([O-])c2ccc(Br)cc21. The lowest BCUT2D eigenvalue weighted by Crippen LogP contribution is -2.17. The fourth-order valence-corrected chi connectivity index (χ4v) is 2.63. The summed E-state index contributed by atoms with van der Waals surface area (Å²) in [5, 5.41) is 12.2. The van der Waals surface area contributed by atoms with Crippen LogP contribution in [-0.2, 0) is 6.18 Å². The number of alkyl halides is 3. The van der Waals surface area contributed by atoms with Crippen molar-refractivity contribution in [3.05, 3.63) is 68.8 Å². The third-order valence-electron chi connectivity index (χ3n) is 3.33. The Hall–Kier alpha value is -2.15. The highest BCUT2D eigenvalue weighted by Gasteiger charge is 2.37. The Morgan fingerprint density at radius 1 is 1.05 bits per heavy atom. The lowest BCUT2D eigenvalue weighted by atomic mass is 10.0. The number of Topliss-reactive ketones (excluding diaryl/α,β-unsaturated/α-hetero) is 1. The summed E-state index contributed by atoms with van der Waals surface area (Å²) >= 11 is 3.21. The van der Waals surface area contributed by atoms with Gasteiger partial charge in [0.25, 0.3) is 11.5 Å². The summed E-state index contributed by atoms with van der Waals surface area (Å²) in [7, 11) is 0. The van der Waals surface area contributed by atoms with E-state index in [9.17, 15) is 23.2 Å². The van der Waals surface area contributed by atoms with Gasteiger partial charge in [0.05, 0.1) is 11.1 Å². The van der Waals surface area contributed by atoms with Crippen LogP contribution in [0.15, 0.2) is 46.9 Å². The second kappa shape index (κ2) is 4.95. The van der Waals surface area contributed by atoms with Gasteiger partial charge in [-0.2, -0.15) is 17.9 Å². The van der Waals surface area contributed by atoms with Crippen LogP contribution >= 0.6 is 15.9 Å². The first-order valence-corrected chi connectivity index (χ1v) is 6.94. The van der Waals surface area contributed by atoms with Crippen LogP contribution in [0.4, 0.5) is 18.9 Å². The Kier molecular flexibility index (Phi) is 3.32. The molecule has 0 aromatic heterocycles. The number of carbonyl (C=O) groups excluding carboxylic acids is 1. The molecule has 1 aliphatic heterocycles. The van der Waals surface area contributed by atoms with Gasteiger partial charge < -0.3 is 5.21 Å². The number of fused-ring (bicyclic) bond motifs is 1. The number of rotatable bonds is 1. The number of nitrogens with zero attached hydrogens (tertiary/aromatic N) is 1. The van der Waals surface area contributed by atoms with E-state index in [1.54, 1.807) is 6.07 Å². The molecule has 0 atom stereocenters. The molecular formula is C15H7BrF3NO2. The highest BCUT2D eigenvalue weighted by molar-refractivity contribution is 9.10. The maximum Gasteiger partial charge on any atom is 0.416 e. The molecule has 0 bridgehead atoms. The first kappa shape index (κ1) is 14.8. The molecule has 22 heavy (non-hydrogen) atoms. The highest BCUT2D eigenvalue weighted by Crippen LogP contribution is 2.32. The van der Waals surface area contributed by atoms with Crippen LogP contribution in [0.5, 0.6) is 0 Å². The predicted molar refractivity (Wildman–Crippen MR) is 77.3 cm³/mol. The lowest BCUT2D eigenvalue weighted by molar-refractivity contribution is -0.355. The van der Waals surface area contributed by atoms with Crippen molar-refractivity contribution in [2.24, 2.45) is 0 Å². The van der Waals surface area contributed by atoms with Gasteiger partial charge in [-0.25, -0.2) is 0 Å². The molecule has 0 unspecified atom stereocenters. The maximum absolute atomic E-state index is 12.6. The second-order valence-electron chi connectivity index (χ2n) is 4.71. The van der Waals surface area contributed by atoms with E-state index in [-0.39, 0.29) is 22.5 Å². The minimum atomic E-state index is -4.46. The summed E-state index contributed by atoms with van der Waals surface area (Å²) in [6.07, 6.45) is -4.46. The fourth-order valence-electron chi connectivity index (χ4n) is 2.27. The van der Waals surface area contributed by atoms with Gasteiger partial charge in [-0.15, -0.1) is 0 Å². The Bertz CT molecular complexity index is 811. The van der Waals surface area contributed by atoms with Crippen molar-refractivity contribution >= 4 is 33.1 Å². The zero-order chi connectivity index (χ0) is 16.1. The van der Waals surface area contributed by atoms with E-state index in [1.165, 1.54) is 12.1 Å². The summed E-state index contributed by atoms with van der Waals surface area (Å²) in [4.78, 5) is 12.3. The summed E-state index contributed by atoms with van der Waals surface area (Å²) in [6, 6.07) is 8.57. The summed E-state index contributed by atoms with van der Waals surface area (Å²) in [6.45, 7) is 0. The third kappa shape index (κ3) is 2.31. The number of ketones is 1. The normalized spacial score (nSPS) is 14.5. The minimum Gasteiger partial charge on any atom is -0.618 e.